The highest BCUT2D eigenvalue weighted by Gasteiger charge is 2.51. The van der Waals surface area contributed by atoms with E-state index in [2.05, 4.69) is 0 Å². The summed E-state index contributed by atoms with van der Waals surface area (Å²) in [5.74, 6) is 0. The number of hydrogen-bond acceptors (Lipinski definition) is 3. The van der Waals surface area contributed by atoms with E-state index in [1.807, 2.05) is 24.3 Å². The molecule has 0 radical (unpaired) electrons. The zero-order valence-corrected chi connectivity index (χ0v) is 7.88. The molecule has 4 unspecified atom stereocenters. The minimum atomic E-state index is -0.528. The van der Waals surface area contributed by atoms with Crippen LogP contribution in [-0.2, 0) is 9.47 Å². The smallest absolute Gasteiger partial charge is 0.116 e. The van der Waals surface area contributed by atoms with Gasteiger partial charge in [-0.25, -0.2) is 0 Å². The van der Waals surface area contributed by atoms with E-state index in [1.165, 1.54) is 0 Å². The first-order valence-electron chi connectivity index (χ1n) is 4.78. The van der Waals surface area contributed by atoms with Crippen molar-refractivity contribution in [1.29, 1.82) is 0 Å². The third-order valence-corrected chi connectivity index (χ3v) is 3.12. The first kappa shape index (κ1) is 8.41. The second kappa shape index (κ2) is 2.79. The molecule has 4 atom stereocenters. The number of hydrogen-bond donors (Lipinski definition) is 1. The van der Waals surface area contributed by atoms with Crippen molar-refractivity contribution in [2.45, 2.75) is 24.4 Å². The minimum absolute atomic E-state index is 0.0869. The molecule has 0 amide bonds. The van der Waals surface area contributed by atoms with Crippen molar-refractivity contribution in [2.24, 2.45) is 0 Å². The Hall–Kier alpha value is -0.900. The SMILES string of the molecule is COC1C2OC(c3ccccc32)C1O. The Morgan fingerprint density at radius 2 is 1.86 bits per heavy atom. The number of methoxy groups -OCH3 is 1. The van der Waals surface area contributed by atoms with E-state index >= 15 is 0 Å². The first-order chi connectivity index (χ1) is 6.83. The molecule has 1 N–H and O–H groups in total. The summed E-state index contributed by atoms with van der Waals surface area (Å²) in [6.07, 6.45) is -1.02. The van der Waals surface area contributed by atoms with E-state index in [9.17, 15) is 5.11 Å². The molecular formula is C11H12O3. The normalized spacial score (nSPS) is 38.7. The standard InChI is InChI=1S/C11H12O3/c1-13-11-8(12)9-6-4-2-3-5-7(6)10(11)14-9/h2-5,8-12H,1H3. The van der Waals surface area contributed by atoms with Crippen molar-refractivity contribution in [3.05, 3.63) is 35.4 Å². The van der Waals surface area contributed by atoms with Crippen molar-refractivity contribution >= 4 is 0 Å². The summed E-state index contributed by atoms with van der Waals surface area (Å²) in [6, 6.07) is 8.01. The van der Waals surface area contributed by atoms with E-state index in [1.54, 1.807) is 7.11 Å². The van der Waals surface area contributed by atoms with Crippen molar-refractivity contribution < 1.29 is 14.6 Å². The van der Waals surface area contributed by atoms with Crippen molar-refractivity contribution in [1.82, 2.24) is 0 Å². The van der Waals surface area contributed by atoms with Crippen molar-refractivity contribution in [2.75, 3.05) is 7.11 Å². The third-order valence-electron chi connectivity index (χ3n) is 3.12. The first-order valence-corrected chi connectivity index (χ1v) is 4.78. The van der Waals surface area contributed by atoms with Crippen LogP contribution in [0.4, 0.5) is 0 Å². The Bertz CT molecular complexity index is 363. The fraction of sp³-hybridized carbons (Fsp3) is 0.455. The molecule has 2 aliphatic rings. The highest BCUT2D eigenvalue weighted by Crippen LogP contribution is 2.51. The molecule has 0 aromatic heterocycles. The van der Waals surface area contributed by atoms with Crippen LogP contribution in [0.1, 0.15) is 23.3 Å². The molecule has 0 saturated carbocycles. The number of fused-ring (bicyclic) bond motifs is 5. The Labute approximate surface area is 82.3 Å². The maximum atomic E-state index is 9.88. The lowest BCUT2D eigenvalue weighted by atomic mass is 9.88. The van der Waals surface area contributed by atoms with Gasteiger partial charge in [0.15, 0.2) is 0 Å². The molecule has 1 fully saturated rings. The fourth-order valence-electron chi connectivity index (χ4n) is 2.47. The van der Waals surface area contributed by atoms with Gasteiger partial charge in [0.2, 0.25) is 0 Å². The largest absolute Gasteiger partial charge is 0.387 e. The summed E-state index contributed by atoms with van der Waals surface area (Å²) < 4.78 is 10.9. The van der Waals surface area contributed by atoms with Gasteiger partial charge >= 0.3 is 0 Å². The van der Waals surface area contributed by atoms with E-state index in [-0.39, 0.29) is 18.3 Å². The summed E-state index contributed by atoms with van der Waals surface area (Å²) in [7, 11) is 1.61. The topological polar surface area (TPSA) is 38.7 Å². The summed E-state index contributed by atoms with van der Waals surface area (Å²) in [6.45, 7) is 0. The highest BCUT2D eigenvalue weighted by molar-refractivity contribution is 5.39. The van der Waals surface area contributed by atoms with E-state index in [4.69, 9.17) is 9.47 Å². The summed E-state index contributed by atoms with van der Waals surface area (Å²) >= 11 is 0. The van der Waals surface area contributed by atoms with Crippen LogP contribution in [0.2, 0.25) is 0 Å². The molecule has 3 heteroatoms. The maximum Gasteiger partial charge on any atom is 0.116 e. The van der Waals surface area contributed by atoms with Gasteiger partial charge in [-0.1, -0.05) is 24.3 Å². The van der Waals surface area contributed by atoms with Gasteiger partial charge in [-0.15, -0.1) is 0 Å². The van der Waals surface area contributed by atoms with Gasteiger partial charge in [-0.2, -0.15) is 0 Å². The van der Waals surface area contributed by atoms with Crippen LogP contribution in [0.5, 0.6) is 0 Å². The van der Waals surface area contributed by atoms with E-state index in [0.29, 0.717) is 0 Å². The van der Waals surface area contributed by atoms with Crippen LogP contribution in [0.3, 0.4) is 0 Å². The van der Waals surface area contributed by atoms with Crippen LogP contribution >= 0.6 is 0 Å². The minimum Gasteiger partial charge on any atom is -0.387 e. The Morgan fingerprint density at radius 3 is 2.50 bits per heavy atom. The molecule has 3 rings (SSSR count). The van der Waals surface area contributed by atoms with Crippen LogP contribution in [0, 0.1) is 0 Å². The van der Waals surface area contributed by atoms with E-state index in [0.717, 1.165) is 11.1 Å². The Morgan fingerprint density at radius 1 is 1.21 bits per heavy atom. The molecule has 2 heterocycles. The van der Waals surface area contributed by atoms with E-state index < -0.39 is 6.10 Å². The van der Waals surface area contributed by atoms with Gasteiger partial charge in [-0.3, -0.25) is 0 Å². The monoisotopic (exact) mass is 192 g/mol. The average molecular weight is 192 g/mol. The molecule has 1 saturated heterocycles. The average Bonchev–Trinajstić information content (AvgIpc) is 2.74. The molecule has 3 nitrogen and oxygen atoms in total. The number of aliphatic hydroxyl groups is 1. The fourth-order valence-corrected chi connectivity index (χ4v) is 2.47. The van der Waals surface area contributed by atoms with Gasteiger partial charge in [-0.05, 0) is 11.1 Å². The molecule has 14 heavy (non-hydrogen) atoms. The zero-order chi connectivity index (χ0) is 9.71. The molecule has 2 bridgehead atoms. The highest BCUT2D eigenvalue weighted by atomic mass is 16.6. The van der Waals surface area contributed by atoms with Gasteiger partial charge in [0.1, 0.15) is 24.4 Å². The van der Waals surface area contributed by atoms with Gasteiger partial charge in [0.25, 0.3) is 0 Å². The second-order valence-electron chi connectivity index (χ2n) is 3.80. The van der Waals surface area contributed by atoms with Crippen molar-refractivity contribution in [3.8, 4) is 0 Å². The number of aliphatic hydroxyl groups excluding tert-OH is 1. The maximum absolute atomic E-state index is 9.88. The molecule has 0 aliphatic carbocycles. The summed E-state index contributed by atoms with van der Waals surface area (Å²) in [5.41, 5.74) is 2.27. The lowest BCUT2D eigenvalue weighted by molar-refractivity contribution is -0.0121. The number of benzene rings is 1. The number of rotatable bonds is 1. The predicted molar refractivity (Wildman–Crippen MR) is 49.8 cm³/mol. The molecule has 74 valence electrons. The molecule has 1 aromatic rings. The number of ether oxygens (including phenoxy) is 2. The molecule has 2 aliphatic heterocycles. The van der Waals surface area contributed by atoms with Crippen LogP contribution in [0.15, 0.2) is 24.3 Å². The van der Waals surface area contributed by atoms with Crippen LogP contribution in [-0.4, -0.2) is 24.4 Å². The lowest BCUT2D eigenvalue weighted by Gasteiger charge is -2.24. The van der Waals surface area contributed by atoms with Crippen molar-refractivity contribution in [3.63, 3.8) is 0 Å². The van der Waals surface area contributed by atoms with Crippen LogP contribution < -0.4 is 0 Å². The van der Waals surface area contributed by atoms with Gasteiger partial charge in [0, 0.05) is 7.11 Å². The summed E-state index contributed by atoms with van der Waals surface area (Å²) in [4.78, 5) is 0. The quantitative estimate of drug-likeness (QED) is 0.726. The molecular weight excluding hydrogens is 180 g/mol. The van der Waals surface area contributed by atoms with Crippen LogP contribution in [0.25, 0.3) is 0 Å². The predicted octanol–water partition coefficient (Wildman–Crippen LogP) is 1.19. The Balaban J connectivity index is 2.09. The lowest BCUT2D eigenvalue weighted by Crippen LogP contribution is -2.32. The molecule has 1 aromatic carbocycles. The van der Waals surface area contributed by atoms with Gasteiger partial charge in [0.05, 0.1) is 0 Å². The zero-order valence-electron chi connectivity index (χ0n) is 7.88. The van der Waals surface area contributed by atoms with Gasteiger partial charge < -0.3 is 14.6 Å². The summed E-state index contributed by atoms with van der Waals surface area (Å²) in [5, 5.41) is 9.88. The molecule has 0 spiro atoms. The Kier molecular flexibility index (Phi) is 1.68. The second-order valence-corrected chi connectivity index (χ2v) is 3.80. The third kappa shape index (κ3) is 0.869.